The van der Waals surface area contributed by atoms with Crippen molar-refractivity contribution >= 4 is 17.3 Å². The van der Waals surface area contributed by atoms with Gasteiger partial charge in [-0.3, -0.25) is 0 Å². The van der Waals surface area contributed by atoms with E-state index in [-0.39, 0.29) is 5.56 Å². The number of rotatable bonds is 2. The Morgan fingerprint density at radius 3 is 1.36 bits per heavy atom. The number of nitrogen functional groups attached to an aromatic ring is 1. The van der Waals surface area contributed by atoms with Gasteiger partial charge in [0.15, 0.2) is 0 Å². The average Bonchev–Trinajstić information content (AvgIpc) is 2.60. The fourth-order valence-corrected chi connectivity index (χ4v) is 3.02. The summed E-state index contributed by atoms with van der Waals surface area (Å²) in [5.74, 6) is 0. The van der Waals surface area contributed by atoms with Crippen molar-refractivity contribution in [1.29, 1.82) is 0 Å². The Bertz CT molecular complexity index is 954. The van der Waals surface area contributed by atoms with Crippen LogP contribution in [0.1, 0.15) is 11.1 Å². The fraction of sp³-hybridized carbons (Fsp3) is 0.100. The molecule has 0 fully saturated rings. The number of hydrogen-bond donors (Lipinski definition) is 1. The maximum absolute atomic E-state index is 13.4. The molecule has 0 heterocycles. The van der Waals surface area contributed by atoms with Gasteiger partial charge < -0.3 is 5.73 Å². The van der Waals surface area contributed by atoms with Crippen LogP contribution in [0.2, 0.25) is 5.02 Å². The molecule has 0 unspecified atom stereocenters. The molecule has 2 N–H and O–H groups in total. The van der Waals surface area contributed by atoms with Gasteiger partial charge in [0.2, 0.25) is 0 Å². The van der Waals surface area contributed by atoms with Crippen LogP contribution in [0.3, 0.4) is 0 Å². The minimum Gasteiger partial charge on any atom is -0.399 e. The Morgan fingerprint density at radius 1 is 0.607 bits per heavy atom. The summed E-state index contributed by atoms with van der Waals surface area (Å²) in [5, 5.41) is 0.506. The van der Waals surface area contributed by atoms with Crippen LogP contribution in [-0.4, -0.2) is 0 Å². The zero-order valence-electron chi connectivity index (χ0n) is 14.0. The zero-order valence-corrected chi connectivity index (χ0v) is 14.8. The number of alkyl halides is 6. The van der Waals surface area contributed by atoms with Crippen LogP contribution in [-0.2, 0) is 12.4 Å². The number of hydrogen-bond acceptors (Lipinski definition) is 1. The first-order valence-electron chi connectivity index (χ1n) is 7.91. The number of halogens is 7. The first kappa shape index (κ1) is 20.1. The minimum absolute atomic E-state index is 0.211. The van der Waals surface area contributed by atoms with E-state index in [0.29, 0.717) is 22.7 Å². The van der Waals surface area contributed by atoms with Crippen molar-refractivity contribution in [3.05, 3.63) is 76.8 Å². The molecule has 3 aromatic carbocycles. The Labute approximate surface area is 161 Å². The van der Waals surface area contributed by atoms with E-state index in [4.69, 9.17) is 17.3 Å². The molecule has 28 heavy (non-hydrogen) atoms. The zero-order chi connectivity index (χ0) is 20.7. The molecule has 0 aliphatic carbocycles. The van der Waals surface area contributed by atoms with Crippen LogP contribution >= 0.6 is 11.6 Å². The highest BCUT2D eigenvalue weighted by Crippen LogP contribution is 2.46. The van der Waals surface area contributed by atoms with Crippen molar-refractivity contribution in [2.75, 3.05) is 5.73 Å². The molecule has 0 aromatic heterocycles. The van der Waals surface area contributed by atoms with Crippen LogP contribution in [0.15, 0.2) is 60.7 Å². The minimum atomic E-state index is -5.00. The second kappa shape index (κ2) is 7.05. The molecule has 0 saturated heterocycles. The van der Waals surface area contributed by atoms with Gasteiger partial charge in [-0.15, -0.1) is 0 Å². The lowest BCUT2D eigenvalue weighted by atomic mass is 9.91. The quantitative estimate of drug-likeness (QED) is 0.345. The molecule has 0 bridgehead atoms. The third-order valence-corrected chi connectivity index (χ3v) is 4.37. The number of nitrogens with two attached hydrogens (primary N) is 1. The summed E-state index contributed by atoms with van der Waals surface area (Å²) in [5.41, 5.74) is 2.02. The van der Waals surface area contributed by atoms with E-state index in [2.05, 4.69) is 0 Å². The molecule has 0 radical (unpaired) electrons. The van der Waals surface area contributed by atoms with Crippen LogP contribution < -0.4 is 5.73 Å². The van der Waals surface area contributed by atoms with Crippen LogP contribution in [0.5, 0.6) is 0 Å². The summed E-state index contributed by atoms with van der Waals surface area (Å²) >= 11 is 5.81. The fourth-order valence-electron chi connectivity index (χ4n) is 2.89. The first-order valence-corrected chi connectivity index (χ1v) is 8.29. The van der Waals surface area contributed by atoms with Gasteiger partial charge in [-0.2, -0.15) is 26.3 Å². The molecule has 0 atom stereocenters. The van der Waals surface area contributed by atoms with Gasteiger partial charge in [-0.1, -0.05) is 48.0 Å². The smallest absolute Gasteiger partial charge is 0.399 e. The maximum Gasteiger partial charge on any atom is 0.417 e. The van der Waals surface area contributed by atoms with Gasteiger partial charge in [0.1, 0.15) is 0 Å². The van der Waals surface area contributed by atoms with E-state index >= 15 is 0 Å². The molecule has 3 aromatic rings. The largest absolute Gasteiger partial charge is 0.417 e. The van der Waals surface area contributed by atoms with E-state index in [9.17, 15) is 26.3 Å². The summed E-state index contributed by atoms with van der Waals surface area (Å²) in [4.78, 5) is 0. The lowest BCUT2D eigenvalue weighted by Gasteiger charge is -2.20. The molecule has 8 heteroatoms. The monoisotopic (exact) mass is 415 g/mol. The summed E-state index contributed by atoms with van der Waals surface area (Å²) in [7, 11) is 0. The Hall–Kier alpha value is -2.67. The van der Waals surface area contributed by atoms with Crippen LogP contribution in [0.25, 0.3) is 22.3 Å². The topological polar surface area (TPSA) is 26.0 Å². The van der Waals surface area contributed by atoms with E-state index < -0.39 is 34.7 Å². The molecular formula is C20H12ClF6N. The molecule has 3 rings (SSSR count). The molecule has 0 aliphatic rings. The Morgan fingerprint density at radius 2 is 0.964 bits per heavy atom. The van der Waals surface area contributed by atoms with Crippen molar-refractivity contribution in [2.24, 2.45) is 0 Å². The van der Waals surface area contributed by atoms with Gasteiger partial charge in [-0.05, 0) is 41.0 Å². The highest BCUT2D eigenvalue weighted by molar-refractivity contribution is 6.30. The van der Waals surface area contributed by atoms with Gasteiger partial charge in [-0.25, -0.2) is 0 Å². The summed E-state index contributed by atoms with van der Waals surface area (Å²) in [6, 6.07) is 13.0. The van der Waals surface area contributed by atoms with Crippen molar-refractivity contribution in [2.45, 2.75) is 12.4 Å². The SMILES string of the molecule is Nc1cc(C(F)(F)F)c(-c2ccc(-c3ccc(Cl)cc3)cc2)c(C(F)(F)F)c1. The van der Waals surface area contributed by atoms with Gasteiger partial charge in [0, 0.05) is 16.3 Å². The lowest BCUT2D eigenvalue weighted by Crippen LogP contribution is -2.15. The van der Waals surface area contributed by atoms with Crippen molar-refractivity contribution < 1.29 is 26.3 Å². The second-order valence-corrected chi connectivity index (χ2v) is 6.51. The summed E-state index contributed by atoms with van der Waals surface area (Å²) < 4.78 is 80.6. The molecule has 0 amide bonds. The number of anilines is 1. The summed E-state index contributed by atoms with van der Waals surface area (Å²) in [6.07, 6.45) is -10.0. The molecular weight excluding hydrogens is 404 g/mol. The first-order chi connectivity index (χ1) is 13.0. The Kier molecular flexibility index (Phi) is 5.06. The van der Waals surface area contributed by atoms with Gasteiger partial charge in [0.05, 0.1) is 11.1 Å². The molecule has 146 valence electrons. The molecule has 0 aliphatic heterocycles. The van der Waals surface area contributed by atoms with Crippen molar-refractivity contribution in [3.63, 3.8) is 0 Å². The van der Waals surface area contributed by atoms with E-state index in [1.165, 1.54) is 24.3 Å². The normalized spacial score (nSPS) is 12.2. The second-order valence-electron chi connectivity index (χ2n) is 6.07. The molecule has 0 saturated carbocycles. The van der Waals surface area contributed by atoms with E-state index in [0.717, 1.165) is 5.56 Å². The Balaban J connectivity index is 2.18. The third kappa shape index (κ3) is 4.09. The summed E-state index contributed by atoms with van der Waals surface area (Å²) in [6.45, 7) is 0. The highest BCUT2D eigenvalue weighted by Gasteiger charge is 2.41. The third-order valence-electron chi connectivity index (χ3n) is 4.12. The van der Waals surface area contributed by atoms with Crippen molar-refractivity contribution in [1.82, 2.24) is 0 Å². The van der Waals surface area contributed by atoms with Gasteiger partial charge >= 0.3 is 12.4 Å². The predicted octanol–water partition coefficient (Wildman–Crippen LogP) is 7.29. The van der Waals surface area contributed by atoms with Crippen LogP contribution in [0.4, 0.5) is 32.0 Å². The van der Waals surface area contributed by atoms with Gasteiger partial charge in [0.25, 0.3) is 0 Å². The molecule has 1 nitrogen and oxygen atoms in total. The van der Waals surface area contributed by atoms with Crippen molar-refractivity contribution in [3.8, 4) is 22.3 Å². The van der Waals surface area contributed by atoms with E-state index in [1.54, 1.807) is 24.3 Å². The molecule has 0 spiro atoms. The van der Waals surface area contributed by atoms with E-state index in [1.807, 2.05) is 0 Å². The average molecular weight is 416 g/mol. The predicted molar refractivity (Wildman–Crippen MR) is 96.7 cm³/mol. The standard InChI is InChI=1S/C20H12ClF6N/c21-14-7-5-12(6-8-14)11-1-3-13(4-2-11)18-16(19(22,23)24)9-15(28)10-17(18)20(25,26)27/h1-10H,28H2. The lowest BCUT2D eigenvalue weighted by molar-refractivity contribution is -0.142. The highest BCUT2D eigenvalue weighted by atomic mass is 35.5. The number of benzene rings is 3. The van der Waals surface area contributed by atoms with Crippen LogP contribution in [0, 0.1) is 0 Å². The maximum atomic E-state index is 13.4.